The minimum absolute atomic E-state index is 0.955. The van der Waals surface area contributed by atoms with Crippen molar-refractivity contribution >= 4 is 0 Å². The van der Waals surface area contributed by atoms with Crippen LogP contribution in [0.3, 0.4) is 0 Å². The van der Waals surface area contributed by atoms with E-state index in [2.05, 4.69) is 24.0 Å². The largest absolute Gasteiger partial charge is 0.303 e. The Kier molecular flexibility index (Phi) is 2.16. The van der Waals surface area contributed by atoms with Crippen LogP contribution in [-0.4, -0.2) is 24.5 Å². The first-order chi connectivity index (χ1) is 6.88. The van der Waals surface area contributed by atoms with Gasteiger partial charge in [0.2, 0.25) is 0 Å². The van der Waals surface area contributed by atoms with E-state index in [1.807, 2.05) is 0 Å². The average Bonchev–Trinajstić information content (AvgIpc) is 2.85. The van der Waals surface area contributed by atoms with Gasteiger partial charge in [0.15, 0.2) is 0 Å². The smallest absolute Gasteiger partial charge is 0.00188 e. The van der Waals surface area contributed by atoms with E-state index in [-0.39, 0.29) is 0 Å². The van der Waals surface area contributed by atoms with Crippen LogP contribution in [0.25, 0.3) is 0 Å². The third-order valence-electron chi connectivity index (χ3n) is 4.57. The molecule has 0 N–H and O–H groups in total. The maximum absolute atomic E-state index is 2.71. The van der Waals surface area contributed by atoms with E-state index >= 15 is 0 Å². The Bertz CT molecular complexity index is 226. The predicted molar refractivity (Wildman–Crippen MR) is 59.1 cm³/mol. The van der Waals surface area contributed by atoms with Gasteiger partial charge in [-0.1, -0.05) is 25.5 Å². The van der Waals surface area contributed by atoms with E-state index in [9.17, 15) is 0 Å². The molecule has 0 aromatic heterocycles. The molecule has 2 aliphatic carbocycles. The van der Waals surface area contributed by atoms with E-state index in [0.29, 0.717) is 0 Å². The summed E-state index contributed by atoms with van der Waals surface area (Å²) in [5, 5.41) is 0. The van der Waals surface area contributed by atoms with Crippen molar-refractivity contribution < 1.29 is 0 Å². The second-order valence-corrected chi connectivity index (χ2v) is 5.39. The molecule has 1 saturated carbocycles. The number of unbranched alkanes of at least 4 members (excludes halogenated alkanes) is 1. The molecule has 0 aromatic rings. The van der Waals surface area contributed by atoms with Crippen molar-refractivity contribution in [2.45, 2.75) is 26.2 Å². The van der Waals surface area contributed by atoms with Crippen LogP contribution in [0.2, 0.25) is 0 Å². The van der Waals surface area contributed by atoms with Crippen molar-refractivity contribution in [2.75, 3.05) is 19.6 Å². The van der Waals surface area contributed by atoms with Crippen molar-refractivity contribution in [3.05, 3.63) is 12.2 Å². The van der Waals surface area contributed by atoms with Gasteiger partial charge >= 0.3 is 0 Å². The Labute approximate surface area is 87.2 Å². The molecule has 1 heterocycles. The lowest BCUT2D eigenvalue weighted by Crippen LogP contribution is -2.24. The summed E-state index contributed by atoms with van der Waals surface area (Å²) in [6.07, 6.45) is 9.21. The highest BCUT2D eigenvalue weighted by atomic mass is 15.2. The van der Waals surface area contributed by atoms with Crippen LogP contribution < -0.4 is 0 Å². The molecule has 1 heteroatoms. The number of allylic oxidation sites excluding steroid dienone is 2. The molecule has 1 aliphatic heterocycles. The molecule has 0 amide bonds. The van der Waals surface area contributed by atoms with Gasteiger partial charge in [0.1, 0.15) is 0 Å². The van der Waals surface area contributed by atoms with Crippen LogP contribution in [0.15, 0.2) is 12.2 Å². The average molecular weight is 191 g/mol. The zero-order valence-corrected chi connectivity index (χ0v) is 9.15. The molecular weight excluding hydrogens is 170 g/mol. The van der Waals surface area contributed by atoms with E-state index in [1.54, 1.807) is 0 Å². The quantitative estimate of drug-likeness (QED) is 0.620. The Hall–Kier alpha value is -0.300. The van der Waals surface area contributed by atoms with Crippen molar-refractivity contribution in [1.82, 2.24) is 4.90 Å². The van der Waals surface area contributed by atoms with E-state index in [0.717, 1.165) is 23.7 Å². The number of nitrogens with zero attached hydrogens (tertiary/aromatic N) is 1. The van der Waals surface area contributed by atoms with Crippen molar-refractivity contribution in [3.8, 4) is 0 Å². The topological polar surface area (TPSA) is 3.24 Å². The fourth-order valence-corrected chi connectivity index (χ4v) is 3.80. The van der Waals surface area contributed by atoms with Crippen LogP contribution in [0, 0.1) is 23.7 Å². The number of likely N-dealkylation sites (tertiary alicyclic amines) is 1. The van der Waals surface area contributed by atoms with Crippen LogP contribution in [0.4, 0.5) is 0 Å². The molecule has 3 aliphatic rings. The molecule has 78 valence electrons. The Morgan fingerprint density at radius 3 is 2.36 bits per heavy atom. The highest BCUT2D eigenvalue weighted by molar-refractivity contribution is 5.16. The highest BCUT2D eigenvalue weighted by Gasteiger charge is 2.48. The van der Waals surface area contributed by atoms with Crippen molar-refractivity contribution in [2.24, 2.45) is 23.7 Å². The molecule has 1 nitrogen and oxygen atoms in total. The summed E-state index contributed by atoms with van der Waals surface area (Å²) in [5.41, 5.74) is 0. The molecule has 4 atom stereocenters. The summed E-state index contributed by atoms with van der Waals surface area (Å²) < 4.78 is 0. The van der Waals surface area contributed by atoms with Gasteiger partial charge in [-0.05, 0) is 43.1 Å². The Morgan fingerprint density at radius 2 is 1.79 bits per heavy atom. The lowest BCUT2D eigenvalue weighted by atomic mass is 9.86. The second kappa shape index (κ2) is 3.37. The fraction of sp³-hybridized carbons (Fsp3) is 0.846. The normalized spacial score (nSPS) is 44.9. The lowest BCUT2D eigenvalue weighted by Gasteiger charge is -2.17. The zero-order chi connectivity index (χ0) is 9.54. The van der Waals surface area contributed by atoms with E-state index < -0.39 is 0 Å². The minimum Gasteiger partial charge on any atom is -0.303 e. The van der Waals surface area contributed by atoms with Gasteiger partial charge < -0.3 is 4.90 Å². The third-order valence-corrected chi connectivity index (χ3v) is 4.57. The van der Waals surface area contributed by atoms with Gasteiger partial charge in [-0.15, -0.1) is 0 Å². The third kappa shape index (κ3) is 1.25. The first-order valence-corrected chi connectivity index (χ1v) is 6.29. The zero-order valence-electron chi connectivity index (χ0n) is 9.15. The summed E-state index contributed by atoms with van der Waals surface area (Å²) in [6.45, 7) is 6.44. The number of rotatable bonds is 3. The molecule has 3 rings (SSSR count). The predicted octanol–water partition coefficient (Wildman–Crippen LogP) is 2.54. The van der Waals surface area contributed by atoms with Crippen LogP contribution in [-0.2, 0) is 0 Å². The molecule has 0 aromatic carbocycles. The van der Waals surface area contributed by atoms with Gasteiger partial charge in [0.05, 0.1) is 0 Å². The first kappa shape index (κ1) is 8.96. The molecule has 0 unspecified atom stereocenters. The van der Waals surface area contributed by atoms with Gasteiger partial charge in [-0.2, -0.15) is 0 Å². The fourth-order valence-electron chi connectivity index (χ4n) is 3.80. The Morgan fingerprint density at radius 1 is 1.14 bits per heavy atom. The minimum atomic E-state index is 0.955. The first-order valence-electron chi connectivity index (χ1n) is 6.29. The van der Waals surface area contributed by atoms with Gasteiger partial charge in [-0.25, -0.2) is 0 Å². The van der Waals surface area contributed by atoms with E-state index in [4.69, 9.17) is 0 Å². The van der Waals surface area contributed by atoms with E-state index in [1.165, 1.54) is 38.9 Å². The molecule has 14 heavy (non-hydrogen) atoms. The summed E-state index contributed by atoms with van der Waals surface area (Å²) in [7, 11) is 0. The van der Waals surface area contributed by atoms with Crippen LogP contribution in [0.1, 0.15) is 26.2 Å². The summed E-state index contributed by atoms with van der Waals surface area (Å²) in [6, 6.07) is 0. The maximum atomic E-state index is 2.71. The van der Waals surface area contributed by atoms with Gasteiger partial charge in [-0.3, -0.25) is 0 Å². The summed E-state index contributed by atoms with van der Waals surface area (Å²) in [4.78, 5) is 2.71. The van der Waals surface area contributed by atoms with Crippen molar-refractivity contribution in [1.29, 1.82) is 0 Å². The van der Waals surface area contributed by atoms with Gasteiger partial charge in [0.25, 0.3) is 0 Å². The van der Waals surface area contributed by atoms with Gasteiger partial charge in [0, 0.05) is 13.1 Å². The molecule has 0 spiro atoms. The molecule has 2 fully saturated rings. The highest BCUT2D eigenvalue weighted by Crippen LogP contribution is 2.51. The van der Waals surface area contributed by atoms with Crippen molar-refractivity contribution in [3.63, 3.8) is 0 Å². The molecule has 0 radical (unpaired) electrons. The maximum Gasteiger partial charge on any atom is 0.00188 e. The standard InChI is InChI=1S/C13H21N/c1-2-3-6-14-8-12-10-4-5-11(7-10)13(12)9-14/h4-5,10-13H,2-3,6-9H2,1H3/t10-,11+,12-,13-/m0/s1. The molecule has 1 saturated heterocycles. The lowest BCUT2D eigenvalue weighted by molar-refractivity contribution is 0.294. The number of fused-ring (bicyclic) bond motifs is 5. The number of hydrogen-bond donors (Lipinski definition) is 0. The molecule has 2 bridgehead atoms. The van der Waals surface area contributed by atoms with Crippen LogP contribution in [0.5, 0.6) is 0 Å². The second-order valence-electron chi connectivity index (χ2n) is 5.39. The summed E-state index contributed by atoms with van der Waals surface area (Å²) in [5.74, 6) is 3.97. The number of hydrogen-bond acceptors (Lipinski definition) is 1. The summed E-state index contributed by atoms with van der Waals surface area (Å²) >= 11 is 0. The Balaban J connectivity index is 1.62. The SMILES string of the molecule is CCCCN1C[C@@H]2[C@@H](C1)[C@H]1C=C[C@@H]2C1. The monoisotopic (exact) mass is 191 g/mol. The molecular formula is C13H21N. The van der Waals surface area contributed by atoms with Crippen LogP contribution >= 0.6 is 0 Å².